The maximum absolute atomic E-state index is 12.0. The molecule has 2 aromatic rings. The van der Waals surface area contributed by atoms with Crippen LogP contribution >= 0.6 is 11.6 Å². The minimum absolute atomic E-state index is 0.245. The Labute approximate surface area is 121 Å². The van der Waals surface area contributed by atoms with E-state index in [-0.39, 0.29) is 5.91 Å². The van der Waals surface area contributed by atoms with Gasteiger partial charge in [0.25, 0.3) is 5.91 Å². The first kappa shape index (κ1) is 12.9. The molecule has 1 fully saturated rings. The van der Waals surface area contributed by atoms with Crippen molar-refractivity contribution < 1.29 is 4.79 Å². The summed E-state index contributed by atoms with van der Waals surface area (Å²) in [7, 11) is 0. The standard InChI is InChI=1S/C14H13ClN4O/c15-10-1-3-11(4-2-10)18-13(20)9-7-16-14(17-8-9)19-12-5-6-12/h1-4,7-8,12H,5-6H2,(H,18,20)(H,16,17,19). The van der Waals surface area contributed by atoms with E-state index < -0.39 is 0 Å². The molecule has 6 heteroatoms. The van der Waals surface area contributed by atoms with Crippen LogP contribution in [0, 0.1) is 0 Å². The summed E-state index contributed by atoms with van der Waals surface area (Å²) in [4.78, 5) is 20.3. The van der Waals surface area contributed by atoms with Gasteiger partial charge in [0.15, 0.2) is 0 Å². The van der Waals surface area contributed by atoms with E-state index in [1.165, 1.54) is 12.4 Å². The number of carbonyl (C=O) groups is 1. The first-order valence-corrected chi connectivity index (χ1v) is 6.74. The van der Waals surface area contributed by atoms with E-state index in [9.17, 15) is 4.79 Å². The van der Waals surface area contributed by atoms with Gasteiger partial charge in [-0.3, -0.25) is 4.79 Å². The van der Waals surface area contributed by atoms with Crippen molar-refractivity contribution in [3.8, 4) is 0 Å². The molecule has 1 aromatic heterocycles. The van der Waals surface area contributed by atoms with Crippen molar-refractivity contribution in [2.45, 2.75) is 18.9 Å². The van der Waals surface area contributed by atoms with Crippen LogP contribution in [0.1, 0.15) is 23.2 Å². The van der Waals surface area contributed by atoms with Crippen LogP contribution in [0.25, 0.3) is 0 Å². The lowest BCUT2D eigenvalue weighted by molar-refractivity contribution is 0.102. The fraction of sp³-hybridized carbons (Fsp3) is 0.214. The summed E-state index contributed by atoms with van der Waals surface area (Å²) in [6.07, 6.45) is 5.34. The number of nitrogens with zero attached hydrogens (tertiary/aromatic N) is 2. The van der Waals surface area contributed by atoms with E-state index in [4.69, 9.17) is 11.6 Å². The van der Waals surface area contributed by atoms with Crippen LogP contribution in [0.5, 0.6) is 0 Å². The van der Waals surface area contributed by atoms with Gasteiger partial charge in [-0.15, -0.1) is 0 Å². The Bertz CT molecular complexity index is 608. The first-order valence-electron chi connectivity index (χ1n) is 6.36. The van der Waals surface area contributed by atoms with E-state index in [1.807, 2.05) is 0 Å². The van der Waals surface area contributed by atoms with Gasteiger partial charge in [0, 0.05) is 29.1 Å². The Hall–Kier alpha value is -2.14. The largest absolute Gasteiger partial charge is 0.351 e. The van der Waals surface area contributed by atoms with E-state index in [0.717, 1.165) is 12.8 Å². The molecule has 1 saturated carbocycles. The van der Waals surface area contributed by atoms with Crippen LogP contribution in [0.2, 0.25) is 5.02 Å². The Morgan fingerprint density at radius 1 is 1.15 bits per heavy atom. The zero-order valence-electron chi connectivity index (χ0n) is 10.6. The number of aromatic nitrogens is 2. The minimum Gasteiger partial charge on any atom is -0.351 e. The zero-order valence-corrected chi connectivity index (χ0v) is 11.4. The first-order chi connectivity index (χ1) is 9.70. The van der Waals surface area contributed by atoms with Gasteiger partial charge in [0.2, 0.25) is 5.95 Å². The van der Waals surface area contributed by atoms with Gasteiger partial charge in [-0.05, 0) is 37.1 Å². The quantitative estimate of drug-likeness (QED) is 0.908. The second-order valence-electron chi connectivity index (χ2n) is 4.67. The molecule has 0 aliphatic heterocycles. The minimum atomic E-state index is -0.245. The van der Waals surface area contributed by atoms with Crippen molar-refractivity contribution >= 4 is 29.1 Å². The summed E-state index contributed by atoms with van der Waals surface area (Å²) in [5, 5.41) is 6.56. The molecule has 0 spiro atoms. The third-order valence-corrected chi connectivity index (χ3v) is 3.18. The lowest BCUT2D eigenvalue weighted by Crippen LogP contribution is -2.13. The third-order valence-electron chi connectivity index (χ3n) is 2.93. The lowest BCUT2D eigenvalue weighted by Gasteiger charge is -2.06. The number of hydrogen-bond acceptors (Lipinski definition) is 4. The number of amides is 1. The number of hydrogen-bond donors (Lipinski definition) is 2. The predicted molar refractivity (Wildman–Crippen MR) is 78.1 cm³/mol. The second kappa shape index (κ2) is 5.46. The molecule has 102 valence electrons. The van der Waals surface area contributed by atoms with Crippen LogP contribution in [0.4, 0.5) is 11.6 Å². The molecule has 3 rings (SSSR count). The Morgan fingerprint density at radius 2 is 1.80 bits per heavy atom. The maximum Gasteiger partial charge on any atom is 0.258 e. The molecular weight excluding hydrogens is 276 g/mol. The summed E-state index contributed by atoms with van der Waals surface area (Å²) in [5.41, 5.74) is 1.10. The summed E-state index contributed by atoms with van der Waals surface area (Å²) in [5.74, 6) is 0.320. The van der Waals surface area contributed by atoms with Crippen molar-refractivity contribution in [1.29, 1.82) is 0 Å². The second-order valence-corrected chi connectivity index (χ2v) is 5.11. The average Bonchev–Trinajstić information content (AvgIpc) is 3.26. The highest BCUT2D eigenvalue weighted by Crippen LogP contribution is 2.22. The molecule has 1 aliphatic carbocycles. The van der Waals surface area contributed by atoms with Gasteiger partial charge < -0.3 is 10.6 Å². The van der Waals surface area contributed by atoms with E-state index in [2.05, 4.69) is 20.6 Å². The third kappa shape index (κ3) is 3.24. The Kier molecular flexibility index (Phi) is 3.52. The highest BCUT2D eigenvalue weighted by molar-refractivity contribution is 6.30. The Balaban J connectivity index is 1.65. The maximum atomic E-state index is 12.0. The summed E-state index contributed by atoms with van der Waals surface area (Å²) >= 11 is 5.79. The van der Waals surface area contributed by atoms with Crippen molar-refractivity contribution in [1.82, 2.24) is 9.97 Å². The molecule has 0 radical (unpaired) electrons. The monoisotopic (exact) mass is 288 g/mol. The number of halogens is 1. The van der Waals surface area contributed by atoms with Crippen LogP contribution in [0.3, 0.4) is 0 Å². The summed E-state index contributed by atoms with van der Waals surface area (Å²) in [6, 6.07) is 7.41. The van der Waals surface area contributed by atoms with Gasteiger partial charge >= 0.3 is 0 Å². The van der Waals surface area contributed by atoms with Crippen LogP contribution in [0.15, 0.2) is 36.7 Å². The topological polar surface area (TPSA) is 66.9 Å². The SMILES string of the molecule is O=C(Nc1ccc(Cl)cc1)c1cnc(NC2CC2)nc1. The number of benzene rings is 1. The molecule has 1 amide bonds. The lowest BCUT2D eigenvalue weighted by atomic mass is 10.3. The van der Waals surface area contributed by atoms with E-state index in [0.29, 0.717) is 28.3 Å². The van der Waals surface area contributed by atoms with Crippen LogP contribution in [-0.4, -0.2) is 21.9 Å². The molecule has 5 nitrogen and oxygen atoms in total. The molecular formula is C14H13ClN4O. The number of anilines is 2. The highest BCUT2D eigenvalue weighted by Gasteiger charge is 2.21. The van der Waals surface area contributed by atoms with Gasteiger partial charge in [-0.2, -0.15) is 0 Å². The average molecular weight is 289 g/mol. The summed E-state index contributed by atoms with van der Waals surface area (Å²) in [6.45, 7) is 0. The Morgan fingerprint density at radius 3 is 2.40 bits per heavy atom. The molecule has 1 heterocycles. The molecule has 2 N–H and O–H groups in total. The van der Waals surface area contributed by atoms with Crippen molar-refractivity contribution in [3.05, 3.63) is 47.2 Å². The predicted octanol–water partition coefficient (Wildman–Crippen LogP) is 2.96. The van der Waals surface area contributed by atoms with E-state index in [1.54, 1.807) is 24.3 Å². The van der Waals surface area contributed by atoms with Gasteiger partial charge in [0.1, 0.15) is 0 Å². The molecule has 1 aliphatic rings. The fourth-order valence-corrected chi connectivity index (χ4v) is 1.79. The van der Waals surface area contributed by atoms with Crippen LogP contribution in [-0.2, 0) is 0 Å². The van der Waals surface area contributed by atoms with Gasteiger partial charge in [-0.25, -0.2) is 9.97 Å². The smallest absolute Gasteiger partial charge is 0.258 e. The molecule has 0 bridgehead atoms. The van der Waals surface area contributed by atoms with Crippen molar-refractivity contribution in [3.63, 3.8) is 0 Å². The van der Waals surface area contributed by atoms with Crippen LogP contribution < -0.4 is 10.6 Å². The highest BCUT2D eigenvalue weighted by atomic mass is 35.5. The summed E-state index contributed by atoms with van der Waals surface area (Å²) < 4.78 is 0. The molecule has 0 unspecified atom stereocenters. The normalized spacial score (nSPS) is 13.8. The number of nitrogens with one attached hydrogen (secondary N) is 2. The zero-order chi connectivity index (χ0) is 13.9. The molecule has 0 saturated heterocycles. The molecule has 0 atom stereocenters. The van der Waals surface area contributed by atoms with E-state index >= 15 is 0 Å². The molecule has 1 aromatic carbocycles. The van der Waals surface area contributed by atoms with Gasteiger partial charge in [0.05, 0.1) is 5.56 Å². The number of rotatable bonds is 4. The van der Waals surface area contributed by atoms with Gasteiger partial charge in [-0.1, -0.05) is 11.6 Å². The number of carbonyl (C=O) groups excluding carboxylic acids is 1. The fourth-order valence-electron chi connectivity index (χ4n) is 1.67. The molecule has 20 heavy (non-hydrogen) atoms. The van der Waals surface area contributed by atoms with Crippen molar-refractivity contribution in [2.75, 3.05) is 10.6 Å². The van der Waals surface area contributed by atoms with Crippen molar-refractivity contribution in [2.24, 2.45) is 0 Å².